The largest absolute Gasteiger partial charge is 0.344 e. The Balaban J connectivity index is 2.00. The number of H-pyrrole nitrogens is 1. The van der Waals surface area contributed by atoms with E-state index in [1.54, 1.807) is 38.0 Å². The number of aromatic nitrogens is 4. The van der Waals surface area contributed by atoms with Gasteiger partial charge in [-0.3, -0.25) is 9.59 Å². The molecule has 0 saturated carbocycles. The molecule has 3 aromatic heterocycles. The molecule has 9 nitrogen and oxygen atoms in total. The van der Waals surface area contributed by atoms with E-state index >= 15 is 0 Å². The van der Waals surface area contributed by atoms with Gasteiger partial charge in [0.2, 0.25) is 0 Å². The van der Waals surface area contributed by atoms with Crippen LogP contribution in [0.25, 0.3) is 0 Å². The molecule has 0 atom stereocenters. The molecule has 3 N–H and O–H groups in total. The number of tetrazole rings is 1. The van der Waals surface area contributed by atoms with Gasteiger partial charge in [0.25, 0.3) is 11.8 Å². The van der Waals surface area contributed by atoms with Crippen molar-refractivity contribution in [2.24, 2.45) is 5.73 Å². The fourth-order valence-corrected chi connectivity index (χ4v) is 6.67. The molecule has 3 heterocycles. The zero-order chi connectivity index (χ0) is 22.3. The standard InChI is InChI=1S/C20H25N7O2S2/c1-26(2)17(28)15-9-11-13(30-15)5-6-14-12(10-16(31-14)18(29)27(3)4)20(11,7-8-21)19-22-24-25-23-19/h9-10H,5-8,21H2,1-4H3,(H,22,23,24,25). The third-order valence-electron chi connectivity index (χ3n) is 5.60. The van der Waals surface area contributed by atoms with Crippen LogP contribution in [0.1, 0.15) is 52.5 Å². The summed E-state index contributed by atoms with van der Waals surface area (Å²) in [6, 6.07) is 3.91. The molecular weight excluding hydrogens is 434 g/mol. The number of nitrogens with two attached hydrogens (primary N) is 1. The van der Waals surface area contributed by atoms with Crippen LogP contribution in [0.5, 0.6) is 0 Å². The van der Waals surface area contributed by atoms with Gasteiger partial charge in [0, 0.05) is 37.9 Å². The number of carbonyl (C=O) groups is 2. The third kappa shape index (κ3) is 3.46. The number of hydrogen-bond acceptors (Lipinski definition) is 8. The minimum atomic E-state index is -0.772. The van der Waals surface area contributed by atoms with E-state index in [0.29, 0.717) is 28.5 Å². The molecule has 0 bridgehead atoms. The Morgan fingerprint density at radius 1 is 1.03 bits per heavy atom. The van der Waals surface area contributed by atoms with Gasteiger partial charge < -0.3 is 15.5 Å². The van der Waals surface area contributed by atoms with E-state index in [2.05, 4.69) is 20.6 Å². The normalized spacial score (nSPS) is 14.5. The molecule has 11 heteroatoms. The average Bonchev–Trinajstić information content (AvgIpc) is 3.48. The zero-order valence-corrected chi connectivity index (χ0v) is 19.6. The molecule has 31 heavy (non-hydrogen) atoms. The van der Waals surface area contributed by atoms with Crippen molar-refractivity contribution >= 4 is 34.5 Å². The average molecular weight is 460 g/mol. The quantitative estimate of drug-likeness (QED) is 0.597. The Hall–Kier alpha value is -2.63. The number of nitrogens with one attached hydrogen (secondary N) is 1. The van der Waals surface area contributed by atoms with E-state index in [-0.39, 0.29) is 11.8 Å². The van der Waals surface area contributed by atoms with Crippen LogP contribution in [0.4, 0.5) is 0 Å². The minimum absolute atomic E-state index is 0.0400. The summed E-state index contributed by atoms with van der Waals surface area (Å²) in [5.74, 6) is 0.425. The number of amides is 2. The highest BCUT2D eigenvalue weighted by atomic mass is 32.1. The molecule has 1 aliphatic rings. The second-order valence-corrected chi connectivity index (χ2v) is 10.2. The van der Waals surface area contributed by atoms with Gasteiger partial charge in [0.1, 0.15) is 0 Å². The van der Waals surface area contributed by atoms with E-state index in [1.165, 1.54) is 22.7 Å². The number of aromatic amines is 1. The van der Waals surface area contributed by atoms with Gasteiger partial charge in [-0.1, -0.05) is 5.21 Å². The highest BCUT2D eigenvalue weighted by Gasteiger charge is 2.46. The smallest absolute Gasteiger partial charge is 0.263 e. The maximum atomic E-state index is 12.7. The van der Waals surface area contributed by atoms with E-state index in [4.69, 9.17) is 5.73 Å². The lowest BCUT2D eigenvalue weighted by Crippen LogP contribution is -2.34. The number of fused-ring (bicyclic) bond motifs is 2. The van der Waals surface area contributed by atoms with Crippen molar-refractivity contribution in [3.8, 4) is 0 Å². The van der Waals surface area contributed by atoms with Crippen molar-refractivity contribution in [3.63, 3.8) is 0 Å². The summed E-state index contributed by atoms with van der Waals surface area (Å²) in [6.07, 6.45) is 2.08. The Kier molecular flexibility index (Phi) is 5.67. The number of rotatable bonds is 5. The molecule has 0 spiro atoms. The van der Waals surface area contributed by atoms with Gasteiger partial charge in [0.15, 0.2) is 5.82 Å². The van der Waals surface area contributed by atoms with Crippen molar-refractivity contribution < 1.29 is 9.59 Å². The monoisotopic (exact) mass is 459 g/mol. The Bertz CT molecular complexity index is 1050. The van der Waals surface area contributed by atoms with Crippen molar-refractivity contribution in [3.05, 3.63) is 48.6 Å². The molecule has 3 aromatic rings. The lowest BCUT2D eigenvalue weighted by atomic mass is 9.72. The molecule has 0 saturated heterocycles. The third-order valence-corrected chi connectivity index (χ3v) is 7.96. The summed E-state index contributed by atoms with van der Waals surface area (Å²) >= 11 is 3.02. The van der Waals surface area contributed by atoms with Crippen LogP contribution >= 0.6 is 22.7 Å². The van der Waals surface area contributed by atoms with Crippen LogP contribution in [0.2, 0.25) is 0 Å². The van der Waals surface area contributed by atoms with Crippen molar-refractivity contribution in [2.45, 2.75) is 24.7 Å². The van der Waals surface area contributed by atoms with Crippen LogP contribution in [-0.2, 0) is 18.3 Å². The first-order valence-corrected chi connectivity index (χ1v) is 11.6. The number of carbonyl (C=O) groups excluding carboxylic acids is 2. The lowest BCUT2D eigenvalue weighted by molar-refractivity contribution is 0.0825. The van der Waals surface area contributed by atoms with Gasteiger partial charge in [-0.05, 0) is 49.1 Å². The summed E-state index contributed by atoms with van der Waals surface area (Å²) in [6.45, 7) is 0.382. The van der Waals surface area contributed by atoms with Crippen molar-refractivity contribution in [1.82, 2.24) is 30.4 Å². The summed E-state index contributed by atoms with van der Waals surface area (Å²) in [4.78, 5) is 32.2. The predicted octanol–water partition coefficient (Wildman–Crippen LogP) is 1.51. The predicted molar refractivity (Wildman–Crippen MR) is 120 cm³/mol. The Labute approximate surface area is 188 Å². The maximum Gasteiger partial charge on any atom is 0.263 e. The van der Waals surface area contributed by atoms with Crippen LogP contribution in [-0.4, -0.2) is 77.0 Å². The van der Waals surface area contributed by atoms with Gasteiger partial charge in [-0.15, -0.1) is 32.9 Å². The number of aryl methyl sites for hydroxylation is 2. The fraction of sp³-hybridized carbons (Fsp3) is 0.450. The summed E-state index contributed by atoms with van der Waals surface area (Å²) < 4.78 is 0. The SMILES string of the molecule is CN(C)C(=O)c1cc2c(s1)CCc1sc(C(=O)N(C)C)cc1C2(CCN)c1nn[nH]n1. The van der Waals surface area contributed by atoms with Crippen molar-refractivity contribution in [2.75, 3.05) is 34.7 Å². The molecule has 0 unspecified atom stereocenters. The second-order valence-electron chi connectivity index (χ2n) is 7.97. The molecule has 1 aliphatic carbocycles. The summed E-state index contributed by atoms with van der Waals surface area (Å²) in [7, 11) is 6.98. The van der Waals surface area contributed by atoms with Crippen LogP contribution in [0, 0.1) is 0 Å². The van der Waals surface area contributed by atoms with E-state index in [0.717, 1.165) is 33.7 Å². The van der Waals surface area contributed by atoms with E-state index < -0.39 is 5.41 Å². The number of hydrogen-bond donors (Lipinski definition) is 2. The minimum Gasteiger partial charge on any atom is -0.344 e. The lowest BCUT2D eigenvalue weighted by Gasteiger charge is -2.30. The molecule has 4 rings (SSSR count). The molecular formula is C20H25N7O2S2. The summed E-state index contributed by atoms with van der Waals surface area (Å²) in [5, 5.41) is 15.1. The van der Waals surface area contributed by atoms with Gasteiger partial charge in [0.05, 0.1) is 15.2 Å². The Morgan fingerprint density at radius 3 is 1.94 bits per heavy atom. The van der Waals surface area contributed by atoms with Crippen LogP contribution in [0.3, 0.4) is 0 Å². The maximum absolute atomic E-state index is 12.7. The molecule has 0 aromatic carbocycles. The number of nitrogens with zero attached hydrogens (tertiary/aromatic N) is 5. The second kappa shape index (κ2) is 8.13. The molecule has 0 fully saturated rings. The van der Waals surface area contributed by atoms with Crippen LogP contribution < -0.4 is 5.73 Å². The van der Waals surface area contributed by atoms with E-state index in [9.17, 15) is 9.59 Å². The van der Waals surface area contributed by atoms with Crippen LogP contribution in [0.15, 0.2) is 12.1 Å². The highest BCUT2D eigenvalue weighted by molar-refractivity contribution is 7.15. The first kappa shape index (κ1) is 21.6. The van der Waals surface area contributed by atoms with Gasteiger partial charge in [-0.2, -0.15) is 5.21 Å². The topological polar surface area (TPSA) is 121 Å². The number of thiophene rings is 2. The molecule has 0 aliphatic heterocycles. The zero-order valence-electron chi connectivity index (χ0n) is 17.9. The first-order chi connectivity index (χ1) is 14.8. The molecule has 0 radical (unpaired) electrons. The highest BCUT2D eigenvalue weighted by Crippen LogP contribution is 2.50. The van der Waals surface area contributed by atoms with Gasteiger partial charge >= 0.3 is 0 Å². The Morgan fingerprint density at radius 2 is 1.55 bits per heavy atom. The van der Waals surface area contributed by atoms with Gasteiger partial charge in [-0.25, -0.2) is 0 Å². The summed E-state index contributed by atoms with van der Waals surface area (Å²) in [5.41, 5.74) is 7.31. The fourth-order valence-electron chi connectivity index (χ4n) is 4.16. The van der Waals surface area contributed by atoms with E-state index in [1.807, 2.05) is 12.1 Å². The molecule has 164 valence electrons. The molecule has 2 amide bonds. The van der Waals surface area contributed by atoms with Crippen molar-refractivity contribution in [1.29, 1.82) is 0 Å². The first-order valence-electron chi connectivity index (χ1n) is 9.93.